The maximum Gasteiger partial charge on any atom is 0.310 e. The quantitative estimate of drug-likeness (QED) is 0.777. The highest BCUT2D eigenvalue weighted by Gasteiger charge is 2.72. The molecule has 120 valence electrons. The van der Waals surface area contributed by atoms with E-state index in [1.54, 1.807) is 0 Å². The molecule has 3 fully saturated rings. The highest BCUT2D eigenvalue weighted by Crippen LogP contribution is 2.67. The average molecular weight is 323 g/mol. The molecule has 0 spiro atoms. The topological polar surface area (TPSA) is 83.5 Å². The van der Waals surface area contributed by atoms with E-state index >= 15 is 0 Å². The number of hydrogen-bond acceptors (Lipinski definition) is 3. The molecule has 0 aliphatic heterocycles. The van der Waals surface area contributed by atoms with Crippen molar-refractivity contribution in [1.82, 2.24) is 4.72 Å². The molecular weight excluding hydrogens is 304 g/mol. The van der Waals surface area contributed by atoms with E-state index in [9.17, 15) is 22.0 Å². The van der Waals surface area contributed by atoms with Crippen LogP contribution in [0.1, 0.15) is 38.5 Å². The first kappa shape index (κ1) is 15.1. The van der Waals surface area contributed by atoms with E-state index in [1.807, 2.05) is 0 Å². The third-order valence-corrected chi connectivity index (χ3v) is 7.12. The van der Waals surface area contributed by atoms with Gasteiger partial charge in [-0.15, -0.1) is 0 Å². The van der Waals surface area contributed by atoms with E-state index in [2.05, 4.69) is 4.72 Å². The van der Waals surface area contributed by atoms with Gasteiger partial charge in [-0.25, -0.2) is 21.9 Å². The van der Waals surface area contributed by atoms with Crippen LogP contribution in [0, 0.1) is 16.7 Å². The number of hydrogen-bond donors (Lipinski definition) is 2. The lowest BCUT2D eigenvalue weighted by molar-refractivity contribution is -0.147. The van der Waals surface area contributed by atoms with Crippen molar-refractivity contribution in [1.29, 1.82) is 0 Å². The summed E-state index contributed by atoms with van der Waals surface area (Å²) in [6.07, 6.45) is -0.153. The summed E-state index contributed by atoms with van der Waals surface area (Å²) in [5, 5.41) is 9.02. The summed E-state index contributed by atoms with van der Waals surface area (Å²) in [6.45, 7) is 0. The lowest BCUT2D eigenvalue weighted by Gasteiger charge is -2.34. The van der Waals surface area contributed by atoms with Gasteiger partial charge >= 0.3 is 5.97 Å². The Balaban J connectivity index is 1.62. The second kappa shape index (κ2) is 4.62. The molecule has 0 aromatic carbocycles. The summed E-state index contributed by atoms with van der Waals surface area (Å²) in [4.78, 5) is 11.0. The molecule has 3 rings (SSSR count). The summed E-state index contributed by atoms with van der Waals surface area (Å²) in [6, 6.07) is -0.401. The van der Waals surface area contributed by atoms with Crippen LogP contribution in [0.4, 0.5) is 8.78 Å². The van der Waals surface area contributed by atoms with Crippen LogP contribution in [-0.2, 0) is 14.8 Å². The molecule has 0 aromatic heterocycles. The van der Waals surface area contributed by atoms with Crippen molar-refractivity contribution >= 4 is 16.0 Å². The molecule has 0 amide bonds. The Kier molecular flexibility index (Phi) is 3.33. The first-order valence-corrected chi connectivity index (χ1v) is 8.88. The number of alkyl halides is 2. The molecule has 8 heteroatoms. The number of sulfonamides is 1. The molecule has 3 aliphatic rings. The number of aliphatic carboxylic acids is 1. The van der Waals surface area contributed by atoms with Crippen LogP contribution >= 0.6 is 0 Å². The molecule has 0 heterocycles. The monoisotopic (exact) mass is 323 g/mol. The molecule has 5 nitrogen and oxygen atoms in total. The lowest BCUT2D eigenvalue weighted by Crippen LogP contribution is -2.50. The van der Waals surface area contributed by atoms with Gasteiger partial charge < -0.3 is 5.11 Å². The van der Waals surface area contributed by atoms with Gasteiger partial charge in [0, 0.05) is 11.5 Å². The third kappa shape index (κ3) is 2.36. The minimum Gasteiger partial charge on any atom is -0.481 e. The molecule has 0 unspecified atom stereocenters. The fourth-order valence-electron chi connectivity index (χ4n) is 4.08. The predicted molar refractivity (Wildman–Crippen MR) is 70.4 cm³/mol. The van der Waals surface area contributed by atoms with E-state index in [4.69, 9.17) is 5.11 Å². The Hall–Kier alpha value is -0.760. The number of halogens is 2. The van der Waals surface area contributed by atoms with Crippen molar-refractivity contribution < 1.29 is 27.1 Å². The molecule has 3 aliphatic carbocycles. The number of carbonyl (C=O) groups is 1. The van der Waals surface area contributed by atoms with E-state index in [-0.39, 0.29) is 25.2 Å². The zero-order chi connectivity index (χ0) is 15.5. The van der Waals surface area contributed by atoms with Crippen molar-refractivity contribution in [2.75, 3.05) is 5.75 Å². The number of rotatable bonds is 6. The number of carboxylic acids is 1. The molecule has 21 heavy (non-hydrogen) atoms. The highest BCUT2D eigenvalue weighted by molar-refractivity contribution is 7.89. The highest BCUT2D eigenvalue weighted by atomic mass is 32.2. The van der Waals surface area contributed by atoms with Gasteiger partial charge in [0.1, 0.15) is 0 Å². The number of carboxylic acid groups (broad SMARTS) is 1. The summed E-state index contributed by atoms with van der Waals surface area (Å²) in [5.41, 5.74) is -2.18. The van der Waals surface area contributed by atoms with Crippen LogP contribution in [0.5, 0.6) is 0 Å². The second-order valence-corrected chi connectivity index (χ2v) is 8.58. The summed E-state index contributed by atoms with van der Waals surface area (Å²) in [7, 11) is -3.81. The normalized spacial score (nSPS) is 37.1. The van der Waals surface area contributed by atoms with Crippen molar-refractivity contribution in [2.24, 2.45) is 16.7 Å². The first-order chi connectivity index (χ1) is 9.71. The molecule has 0 aromatic rings. The van der Waals surface area contributed by atoms with E-state index < -0.39 is 45.0 Å². The van der Waals surface area contributed by atoms with Crippen molar-refractivity contribution in [3.63, 3.8) is 0 Å². The van der Waals surface area contributed by atoms with Crippen molar-refractivity contribution in [3.8, 4) is 0 Å². The SMILES string of the molecule is O=C(O)[C@@]12C[C@H](NS(=O)(=O)CC3(C(F)F)CCCC3)[C@@H]1C2. The number of fused-ring (bicyclic) bond motifs is 1. The Morgan fingerprint density at radius 3 is 2.33 bits per heavy atom. The Labute approximate surface area is 122 Å². The molecular formula is C13H19F2NO4S. The molecule has 3 saturated carbocycles. The minimum atomic E-state index is -3.81. The summed E-state index contributed by atoms with van der Waals surface area (Å²) < 4.78 is 53.2. The molecule has 0 saturated heterocycles. The predicted octanol–water partition coefficient (Wildman–Crippen LogP) is 1.59. The van der Waals surface area contributed by atoms with Gasteiger partial charge in [0.05, 0.1) is 11.2 Å². The fraction of sp³-hybridized carbons (Fsp3) is 0.923. The molecule has 0 radical (unpaired) electrons. The van der Waals surface area contributed by atoms with Gasteiger partial charge in [-0.1, -0.05) is 12.8 Å². The zero-order valence-electron chi connectivity index (χ0n) is 11.5. The van der Waals surface area contributed by atoms with Gasteiger partial charge in [0.15, 0.2) is 0 Å². The number of nitrogens with one attached hydrogen (secondary N) is 1. The van der Waals surface area contributed by atoms with Gasteiger partial charge in [-0.3, -0.25) is 4.79 Å². The standard InChI is InChI=1S/C13H19F2NO4S/c14-10(15)12(3-1-2-4-12)7-21(19,20)16-9-6-13(11(17)18)5-8(9)13/h8-10,16H,1-7H2,(H,17,18)/t8-,9-,13-/m0/s1. The van der Waals surface area contributed by atoms with Gasteiger partial charge in [-0.05, 0) is 31.6 Å². The minimum absolute atomic E-state index is 0.171. The molecule has 0 bridgehead atoms. The van der Waals surface area contributed by atoms with Crippen LogP contribution < -0.4 is 4.72 Å². The van der Waals surface area contributed by atoms with Gasteiger partial charge in [0.25, 0.3) is 0 Å². The third-order valence-electron chi connectivity index (χ3n) is 5.50. The Morgan fingerprint density at radius 2 is 1.90 bits per heavy atom. The molecule has 2 N–H and O–H groups in total. The Morgan fingerprint density at radius 1 is 1.29 bits per heavy atom. The van der Waals surface area contributed by atoms with Crippen LogP contribution in [0.25, 0.3) is 0 Å². The largest absolute Gasteiger partial charge is 0.481 e. The van der Waals surface area contributed by atoms with E-state index in [0.29, 0.717) is 19.3 Å². The lowest BCUT2D eigenvalue weighted by atomic mass is 9.81. The second-order valence-electron chi connectivity index (χ2n) is 6.83. The Bertz CT molecular complexity index is 559. The van der Waals surface area contributed by atoms with Crippen LogP contribution in [0.15, 0.2) is 0 Å². The first-order valence-electron chi connectivity index (χ1n) is 7.22. The van der Waals surface area contributed by atoms with Gasteiger partial charge in [-0.2, -0.15) is 0 Å². The van der Waals surface area contributed by atoms with E-state index in [0.717, 1.165) is 0 Å². The van der Waals surface area contributed by atoms with E-state index in [1.165, 1.54) is 0 Å². The summed E-state index contributed by atoms with van der Waals surface area (Å²) in [5.74, 6) is -1.61. The van der Waals surface area contributed by atoms with Crippen molar-refractivity contribution in [2.45, 2.75) is 51.0 Å². The summed E-state index contributed by atoms with van der Waals surface area (Å²) >= 11 is 0. The van der Waals surface area contributed by atoms with Crippen molar-refractivity contribution in [3.05, 3.63) is 0 Å². The maximum atomic E-state index is 13.2. The maximum absolute atomic E-state index is 13.2. The molecule has 3 atom stereocenters. The zero-order valence-corrected chi connectivity index (χ0v) is 12.3. The van der Waals surface area contributed by atoms with Crippen LogP contribution in [0.2, 0.25) is 0 Å². The van der Waals surface area contributed by atoms with Crippen LogP contribution in [0.3, 0.4) is 0 Å². The van der Waals surface area contributed by atoms with Gasteiger partial charge in [0.2, 0.25) is 16.4 Å². The average Bonchev–Trinajstić information content (AvgIpc) is 2.73. The smallest absolute Gasteiger partial charge is 0.310 e. The fourth-order valence-corrected chi connectivity index (χ4v) is 6.05. The van der Waals surface area contributed by atoms with Crippen LogP contribution in [-0.4, -0.2) is 37.7 Å².